The minimum Gasteiger partial charge on any atom is -0.456 e. The maximum absolute atomic E-state index is 9.90. The van der Waals surface area contributed by atoms with Gasteiger partial charge in [0, 0.05) is 33.4 Å². The Morgan fingerprint density at radius 3 is 1.33 bits per heavy atom. The summed E-state index contributed by atoms with van der Waals surface area (Å²) in [6, 6.07) is 59.3. The number of nitrogens with zero attached hydrogens (tertiary/aromatic N) is 1. The van der Waals surface area contributed by atoms with Gasteiger partial charge in [-0.1, -0.05) is 133 Å². The Morgan fingerprint density at radius 2 is 0.826 bits per heavy atom. The number of para-hydroxylation sites is 2. The molecule has 3 nitrogen and oxygen atoms in total. The van der Waals surface area contributed by atoms with Gasteiger partial charge in [-0.15, -0.1) is 0 Å². The molecule has 0 amide bonds. The second-order valence-electron chi connectivity index (χ2n) is 11.4. The highest BCUT2D eigenvalue weighted by Gasteiger charge is 2.17. The summed E-state index contributed by atoms with van der Waals surface area (Å²) in [6.07, 6.45) is 0. The normalized spacial score (nSPS) is 11.2. The predicted octanol–water partition coefficient (Wildman–Crippen LogP) is 10.0. The monoisotopic (exact) mass is 591 g/mol. The summed E-state index contributed by atoms with van der Waals surface area (Å²) in [5.74, 6) is 0. The molecule has 0 aliphatic rings. The summed E-state index contributed by atoms with van der Waals surface area (Å²) in [6.45, 7) is 0. The molecule has 0 spiro atoms. The quantitative estimate of drug-likeness (QED) is 0.188. The molecule has 0 fully saturated rings. The molecule has 8 rings (SSSR count). The number of anilines is 3. The minimum absolute atomic E-state index is 0.0598. The van der Waals surface area contributed by atoms with Crippen molar-refractivity contribution in [3.63, 3.8) is 0 Å². The van der Waals surface area contributed by atoms with E-state index in [1.165, 1.54) is 22.3 Å². The van der Waals surface area contributed by atoms with Gasteiger partial charge in [-0.3, -0.25) is 0 Å². The summed E-state index contributed by atoms with van der Waals surface area (Å²) in [5.41, 5.74) is 12.4. The van der Waals surface area contributed by atoms with Gasteiger partial charge >= 0.3 is 7.48 Å². The SMILES string of the molecule is OBc1cccc2c1oc1c(-c3ccc(N(c4ccc(-c5ccccc5)cc4)c4ccc(-c5ccccc5)cc4)cc3)cccc12. The van der Waals surface area contributed by atoms with Crippen LogP contribution in [0.25, 0.3) is 55.3 Å². The fourth-order valence-electron chi connectivity index (χ4n) is 6.33. The van der Waals surface area contributed by atoms with Crippen LogP contribution >= 0.6 is 0 Å². The highest BCUT2D eigenvalue weighted by Crippen LogP contribution is 2.39. The van der Waals surface area contributed by atoms with Gasteiger partial charge < -0.3 is 14.3 Å². The van der Waals surface area contributed by atoms with Crippen molar-refractivity contribution in [2.24, 2.45) is 0 Å². The van der Waals surface area contributed by atoms with Gasteiger partial charge in [0.1, 0.15) is 11.2 Å². The highest BCUT2D eigenvalue weighted by atomic mass is 16.3. The maximum Gasteiger partial charge on any atom is 0.308 e. The number of hydrogen-bond donors (Lipinski definition) is 1. The number of fused-ring (bicyclic) bond motifs is 3. The zero-order valence-corrected chi connectivity index (χ0v) is 25.2. The summed E-state index contributed by atoms with van der Waals surface area (Å²) in [5, 5.41) is 12.0. The van der Waals surface area contributed by atoms with Crippen LogP contribution in [0.4, 0.5) is 17.1 Å². The van der Waals surface area contributed by atoms with Gasteiger partial charge in [0.2, 0.25) is 0 Å². The molecule has 7 aromatic carbocycles. The summed E-state index contributed by atoms with van der Waals surface area (Å²) in [7, 11) is -0.0598. The van der Waals surface area contributed by atoms with E-state index in [-0.39, 0.29) is 7.48 Å². The molecule has 0 bridgehead atoms. The smallest absolute Gasteiger partial charge is 0.308 e. The lowest BCUT2D eigenvalue weighted by Crippen LogP contribution is -2.12. The van der Waals surface area contributed by atoms with E-state index in [4.69, 9.17) is 4.42 Å². The van der Waals surface area contributed by atoms with E-state index < -0.39 is 0 Å². The first-order valence-electron chi connectivity index (χ1n) is 15.5. The number of furan rings is 1. The molecule has 1 heterocycles. The van der Waals surface area contributed by atoms with Crippen molar-refractivity contribution >= 4 is 51.9 Å². The summed E-state index contributed by atoms with van der Waals surface area (Å²) < 4.78 is 6.40. The molecule has 1 aromatic heterocycles. The molecule has 0 radical (unpaired) electrons. The van der Waals surface area contributed by atoms with Gasteiger partial charge in [-0.05, 0) is 69.7 Å². The average Bonchev–Trinajstić information content (AvgIpc) is 3.53. The van der Waals surface area contributed by atoms with E-state index in [2.05, 4.69) is 150 Å². The number of hydrogen-bond acceptors (Lipinski definition) is 3. The molecule has 0 atom stereocenters. The van der Waals surface area contributed by atoms with Gasteiger partial charge in [-0.2, -0.15) is 0 Å². The third-order valence-corrected chi connectivity index (χ3v) is 8.68. The molecule has 0 saturated carbocycles. The van der Waals surface area contributed by atoms with Crippen molar-refractivity contribution < 1.29 is 9.44 Å². The van der Waals surface area contributed by atoms with Crippen LogP contribution in [0.3, 0.4) is 0 Å². The van der Waals surface area contributed by atoms with E-state index in [1.54, 1.807) is 0 Å². The van der Waals surface area contributed by atoms with Crippen LogP contribution < -0.4 is 10.4 Å². The zero-order chi connectivity index (χ0) is 30.9. The molecule has 8 aromatic rings. The molecule has 0 aliphatic carbocycles. The third-order valence-electron chi connectivity index (χ3n) is 8.68. The minimum atomic E-state index is -0.0598. The molecule has 4 heteroatoms. The Hall–Kier alpha value is -5.84. The zero-order valence-electron chi connectivity index (χ0n) is 25.2. The molecule has 1 N–H and O–H groups in total. The van der Waals surface area contributed by atoms with E-state index in [0.29, 0.717) is 0 Å². The number of benzene rings is 7. The standard InChI is InChI=1S/C42H30BNO2/c45-43-40-16-8-15-39-38-14-7-13-37(41(38)46-42(39)40)33-21-27-36(28-22-33)44(34-23-17-31(18-24-34)29-9-3-1-4-10-29)35-25-19-32(20-26-35)30-11-5-2-6-12-30/h1-28,43,45H. The Morgan fingerprint density at radius 1 is 0.391 bits per heavy atom. The van der Waals surface area contributed by atoms with Gasteiger partial charge in [-0.25, -0.2) is 0 Å². The fraction of sp³-hybridized carbons (Fsp3) is 0. The molecule has 0 aliphatic heterocycles. The molecule has 0 saturated heterocycles. The van der Waals surface area contributed by atoms with E-state index in [9.17, 15) is 5.02 Å². The molecule has 218 valence electrons. The highest BCUT2D eigenvalue weighted by molar-refractivity contribution is 6.50. The summed E-state index contributed by atoms with van der Waals surface area (Å²) >= 11 is 0. The lowest BCUT2D eigenvalue weighted by molar-refractivity contribution is 0.613. The first kappa shape index (κ1) is 27.7. The first-order chi connectivity index (χ1) is 22.8. The lowest BCUT2D eigenvalue weighted by atomic mass is 9.87. The number of rotatable bonds is 7. The van der Waals surface area contributed by atoms with Crippen LogP contribution in [0.5, 0.6) is 0 Å². The Kier molecular flexibility index (Phi) is 7.18. The lowest BCUT2D eigenvalue weighted by Gasteiger charge is -2.26. The topological polar surface area (TPSA) is 36.6 Å². The molecular weight excluding hydrogens is 561 g/mol. The fourth-order valence-corrected chi connectivity index (χ4v) is 6.33. The molecule has 46 heavy (non-hydrogen) atoms. The van der Waals surface area contributed by atoms with Crippen molar-refractivity contribution in [1.82, 2.24) is 0 Å². The van der Waals surface area contributed by atoms with E-state index >= 15 is 0 Å². The van der Waals surface area contributed by atoms with E-state index in [0.717, 1.165) is 55.6 Å². The second kappa shape index (κ2) is 11.9. The summed E-state index contributed by atoms with van der Waals surface area (Å²) in [4.78, 5) is 2.29. The van der Waals surface area contributed by atoms with E-state index in [1.807, 2.05) is 24.3 Å². The van der Waals surface area contributed by atoms with Crippen molar-refractivity contribution in [2.75, 3.05) is 4.90 Å². The van der Waals surface area contributed by atoms with Gasteiger partial charge in [0.05, 0.1) is 0 Å². The molecular formula is C42H30BNO2. The van der Waals surface area contributed by atoms with Crippen LogP contribution in [0.1, 0.15) is 0 Å². The van der Waals surface area contributed by atoms with Crippen LogP contribution in [0.15, 0.2) is 174 Å². The van der Waals surface area contributed by atoms with Crippen LogP contribution in [0.2, 0.25) is 0 Å². The molecule has 0 unspecified atom stereocenters. The Labute approximate surface area is 268 Å². The van der Waals surface area contributed by atoms with Crippen LogP contribution in [0, 0.1) is 0 Å². The average molecular weight is 592 g/mol. The van der Waals surface area contributed by atoms with Crippen molar-refractivity contribution in [3.05, 3.63) is 170 Å². The third kappa shape index (κ3) is 5.05. The Bertz CT molecular complexity index is 2180. The largest absolute Gasteiger partial charge is 0.456 e. The Balaban J connectivity index is 1.20. The van der Waals surface area contributed by atoms with Crippen LogP contribution in [-0.4, -0.2) is 12.5 Å². The van der Waals surface area contributed by atoms with Crippen molar-refractivity contribution in [3.8, 4) is 33.4 Å². The van der Waals surface area contributed by atoms with Crippen molar-refractivity contribution in [2.45, 2.75) is 0 Å². The van der Waals surface area contributed by atoms with Crippen molar-refractivity contribution in [1.29, 1.82) is 0 Å². The second-order valence-corrected chi connectivity index (χ2v) is 11.4. The first-order valence-corrected chi connectivity index (χ1v) is 15.5. The van der Waals surface area contributed by atoms with Crippen LogP contribution in [-0.2, 0) is 0 Å². The van der Waals surface area contributed by atoms with Gasteiger partial charge in [0.25, 0.3) is 0 Å². The predicted molar refractivity (Wildman–Crippen MR) is 194 cm³/mol. The van der Waals surface area contributed by atoms with Gasteiger partial charge in [0.15, 0.2) is 0 Å². The maximum atomic E-state index is 9.90.